The Kier molecular flexibility index (Phi) is 3.87. The molecule has 1 unspecified atom stereocenters. The van der Waals surface area contributed by atoms with Gasteiger partial charge >= 0.3 is 6.18 Å². The number of benzene rings is 1. The molecule has 0 aliphatic heterocycles. The molecule has 0 saturated heterocycles. The van der Waals surface area contributed by atoms with Crippen LogP contribution in [0, 0.1) is 6.92 Å². The number of methoxy groups -OCH3 is 2. The van der Waals surface area contributed by atoms with Crippen LogP contribution in [0.15, 0.2) is 12.1 Å². The summed E-state index contributed by atoms with van der Waals surface area (Å²) in [7, 11) is 2.77. The fourth-order valence-corrected chi connectivity index (χ4v) is 1.51. The van der Waals surface area contributed by atoms with Crippen molar-refractivity contribution in [3.05, 3.63) is 23.3 Å². The zero-order chi connectivity index (χ0) is 13.2. The monoisotopic (exact) mass is 249 g/mol. The first-order valence-corrected chi connectivity index (χ1v) is 4.86. The van der Waals surface area contributed by atoms with Crippen LogP contribution in [0.3, 0.4) is 0 Å². The zero-order valence-corrected chi connectivity index (χ0v) is 9.76. The molecular weight excluding hydrogens is 235 g/mol. The highest BCUT2D eigenvalue weighted by Crippen LogP contribution is 2.37. The number of nitrogens with two attached hydrogens (primary N) is 1. The first-order chi connectivity index (χ1) is 7.81. The molecule has 2 N–H and O–H groups in total. The van der Waals surface area contributed by atoms with Crippen molar-refractivity contribution in [2.24, 2.45) is 5.73 Å². The van der Waals surface area contributed by atoms with Gasteiger partial charge in [0.15, 0.2) is 11.5 Å². The molecule has 96 valence electrons. The summed E-state index contributed by atoms with van der Waals surface area (Å²) in [6.45, 7) is 1.54. The number of hydrogen-bond acceptors (Lipinski definition) is 3. The van der Waals surface area contributed by atoms with E-state index in [4.69, 9.17) is 15.2 Å². The van der Waals surface area contributed by atoms with Gasteiger partial charge in [0, 0.05) is 0 Å². The summed E-state index contributed by atoms with van der Waals surface area (Å²) in [5.41, 5.74) is 5.56. The molecular formula is C11H14F3NO2. The highest BCUT2D eigenvalue weighted by atomic mass is 19.4. The molecule has 0 aliphatic rings. The third-order valence-corrected chi connectivity index (χ3v) is 2.46. The Morgan fingerprint density at radius 3 is 2.00 bits per heavy atom. The predicted molar refractivity (Wildman–Crippen MR) is 57.3 cm³/mol. The van der Waals surface area contributed by atoms with E-state index in [1.807, 2.05) is 0 Å². The Balaban J connectivity index is 3.26. The largest absolute Gasteiger partial charge is 0.493 e. The maximum Gasteiger partial charge on any atom is 0.407 e. The molecule has 0 amide bonds. The fraction of sp³-hybridized carbons (Fsp3) is 0.455. The predicted octanol–water partition coefficient (Wildman–Crippen LogP) is 2.57. The van der Waals surface area contributed by atoms with Crippen LogP contribution in [0.1, 0.15) is 17.2 Å². The standard InChI is InChI=1S/C11H14F3NO2/c1-6-4-8(16-2)9(17-3)5-7(6)10(15)11(12,13)14/h4-5,10H,15H2,1-3H3. The van der Waals surface area contributed by atoms with Gasteiger partial charge in [0.25, 0.3) is 0 Å². The van der Waals surface area contributed by atoms with Crippen LogP contribution >= 0.6 is 0 Å². The summed E-state index contributed by atoms with van der Waals surface area (Å²) >= 11 is 0. The lowest BCUT2D eigenvalue weighted by atomic mass is 10.0. The summed E-state index contributed by atoms with van der Waals surface area (Å²) < 4.78 is 47.5. The topological polar surface area (TPSA) is 44.5 Å². The zero-order valence-electron chi connectivity index (χ0n) is 9.76. The average Bonchev–Trinajstić information content (AvgIpc) is 2.26. The van der Waals surface area contributed by atoms with Crippen molar-refractivity contribution < 1.29 is 22.6 Å². The van der Waals surface area contributed by atoms with Crippen molar-refractivity contribution >= 4 is 0 Å². The van der Waals surface area contributed by atoms with E-state index in [0.29, 0.717) is 11.3 Å². The number of alkyl halides is 3. The van der Waals surface area contributed by atoms with Crippen LogP contribution < -0.4 is 15.2 Å². The summed E-state index contributed by atoms with van der Waals surface area (Å²) in [5, 5.41) is 0. The van der Waals surface area contributed by atoms with Gasteiger partial charge in [0.1, 0.15) is 6.04 Å². The second-order valence-corrected chi connectivity index (χ2v) is 3.58. The minimum absolute atomic E-state index is 0.0184. The van der Waals surface area contributed by atoms with Gasteiger partial charge in [-0.2, -0.15) is 13.2 Å². The Morgan fingerprint density at radius 1 is 1.12 bits per heavy atom. The van der Waals surface area contributed by atoms with Gasteiger partial charge in [0.2, 0.25) is 0 Å². The molecule has 0 heterocycles. The Hall–Kier alpha value is -1.43. The second-order valence-electron chi connectivity index (χ2n) is 3.58. The molecule has 0 spiro atoms. The molecule has 1 atom stereocenters. The first kappa shape index (κ1) is 13.6. The van der Waals surface area contributed by atoms with Gasteiger partial charge in [-0.3, -0.25) is 0 Å². The molecule has 0 radical (unpaired) electrons. The summed E-state index contributed by atoms with van der Waals surface area (Å²) in [5.74, 6) is 0.607. The van der Waals surface area contributed by atoms with Crippen LogP contribution in [0.25, 0.3) is 0 Å². The van der Waals surface area contributed by atoms with E-state index < -0.39 is 12.2 Å². The number of rotatable bonds is 3. The minimum atomic E-state index is -4.48. The number of hydrogen-bond donors (Lipinski definition) is 1. The van der Waals surface area contributed by atoms with Crippen LogP contribution in [-0.4, -0.2) is 20.4 Å². The van der Waals surface area contributed by atoms with Crippen LogP contribution in [0.2, 0.25) is 0 Å². The van der Waals surface area contributed by atoms with Crippen molar-refractivity contribution in [2.45, 2.75) is 19.1 Å². The Labute approximate surface area is 97.3 Å². The third-order valence-electron chi connectivity index (χ3n) is 2.46. The van der Waals surface area contributed by atoms with Gasteiger partial charge in [-0.25, -0.2) is 0 Å². The van der Waals surface area contributed by atoms with E-state index in [1.165, 1.54) is 26.4 Å². The maximum absolute atomic E-state index is 12.5. The lowest BCUT2D eigenvalue weighted by molar-refractivity contribution is -0.149. The van der Waals surface area contributed by atoms with Crippen LogP contribution in [0.4, 0.5) is 13.2 Å². The van der Waals surface area contributed by atoms with Gasteiger partial charge in [-0.15, -0.1) is 0 Å². The van der Waals surface area contributed by atoms with Crippen molar-refractivity contribution in [2.75, 3.05) is 14.2 Å². The second kappa shape index (κ2) is 4.83. The van der Waals surface area contributed by atoms with E-state index in [2.05, 4.69) is 0 Å². The van der Waals surface area contributed by atoms with E-state index in [-0.39, 0.29) is 11.3 Å². The van der Waals surface area contributed by atoms with E-state index in [9.17, 15) is 13.2 Å². The van der Waals surface area contributed by atoms with E-state index >= 15 is 0 Å². The smallest absolute Gasteiger partial charge is 0.407 e. The van der Waals surface area contributed by atoms with Crippen molar-refractivity contribution in [3.63, 3.8) is 0 Å². The third kappa shape index (κ3) is 2.82. The number of ether oxygens (including phenoxy) is 2. The average molecular weight is 249 g/mol. The molecule has 0 aliphatic carbocycles. The van der Waals surface area contributed by atoms with Crippen molar-refractivity contribution in [1.29, 1.82) is 0 Å². The van der Waals surface area contributed by atoms with Crippen LogP contribution in [0.5, 0.6) is 11.5 Å². The van der Waals surface area contributed by atoms with Crippen molar-refractivity contribution in [1.82, 2.24) is 0 Å². The molecule has 3 nitrogen and oxygen atoms in total. The molecule has 17 heavy (non-hydrogen) atoms. The first-order valence-electron chi connectivity index (χ1n) is 4.86. The van der Waals surface area contributed by atoms with Gasteiger partial charge < -0.3 is 15.2 Å². The lowest BCUT2D eigenvalue weighted by Gasteiger charge is -2.20. The fourth-order valence-electron chi connectivity index (χ4n) is 1.51. The molecule has 0 bridgehead atoms. The van der Waals surface area contributed by atoms with E-state index in [0.717, 1.165) is 0 Å². The van der Waals surface area contributed by atoms with Crippen molar-refractivity contribution in [3.8, 4) is 11.5 Å². The van der Waals surface area contributed by atoms with Gasteiger partial charge in [-0.05, 0) is 30.2 Å². The molecule has 1 aromatic rings. The van der Waals surface area contributed by atoms with Gasteiger partial charge in [-0.1, -0.05) is 0 Å². The normalized spacial score (nSPS) is 13.4. The van der Waals surface area contributed by atoms with Gasteiger partial charge in [0.05, 0.1) is 14.2 Å². The molecule has 0 saturated carbocycles. The maximum atomic E-state index is 12.5. The SMILES string of the molecule is COc1cc(C)c(C(N)C(F)(F)F)cc1OC. The minimum Gasteiger partial charge on any atom is -0.493 e. The molecule has 1 rings (SSSR count). The molecule has 6 heteroatoms. The van der Waals surface area contributed by atoms with Crippen LogP contribution in [-0.2, 0) is 0 Å². The highest BCUT2D eigenvalue weighted by molar-refractivity contribution is 5.48. The van der Waals surface area contributed by atoms with E-state index in [1.54, 1.807) is 6.92 Å². The Bertz CT molecular complexity index is 404. The molecule has 0 fully saturated rings. The summed E-state index contributed by atoms with van der Waals surface area (Å²) in [6, 6.07) is 0.703. The highest BCUT2D eigenvalue weighted by Gasteiger charge is 2.39. The quantitative estimate of drug-likeness (QED) is 0.895. The summed E-state index contributed by atoms with van der Waals surface area (Å²) in [6.07, 6.45) is -4.48. The molecule has 0 aromatic heterocycles. The number of aryl methyl sites for hydroxylation is 1. The Morgan fingerprint density at radius 2 is 1.59 bits per heavy atom. The number of halogens is 3. The molecule has 1 aromatic carbocycles. The lowest BCUT2D eigenvalue weighted by Crippen LogP contribution is -2.29. The summed E-state index contributed by atoms with van der Waals surface area (Å²) in [4.78, 5) is 0.